The second-order valence-corrected chi connectivity index (χ2v) is 5.78. The summed E-state index contributed by atoms with van der Waals surface area (Å²) >= 11 is 5.96. The first-order valence-electron chi connectivity index (χ1n) is 8.06. The number of nitriles is 1. The molecule has 1 N–H and O–H groups in total. The molecule has 1 aromatic carbocycles. The van der Waals surface area contributed by atoms with E-state index in [2.05, 4.69) is 19.2 Å². The van der Waals surface area contributed by atoms with E-state index >= 15 is 0 Å². The molecule has 0 atom stereocenters. The van der Waals surface area contributed by atoms with E-state index in [4.69, 9.17) is 16.3 Å². The van der Waals surface area contributed by atoms with Crippen LogP contribution in [-0.4, -0.2) is 31.0 Å². The zero-order valence-electron chi connectivity index (χ0n) is 14.4. The van der Waals surface area contributed by atoms with E-state index in [1.807, 2.05) is 11.0 Å². The first kappa shape index (κ1) is 19.9. The van der Waals surface area contributed by atoms with Crippen molar-refractivity contribution in [2.24, 2.45) is 0 Å². The van der Waals surface area contributed by atoms with Crippen molar-refractivity contribution >= 4 is 23.2 Å². The van der Waals surface area contributed by atoms with Crippen molar-refractivity contribution in [3.63, 3.8) is 0 Å². The summed E-state index contributed by atoms with van der Waals surface area (Å²) in [5.74, 6) is 0.0112. The van der Waals surface area contributed by atoms with E-state index in [0.29, 0.717) is 16.5 Å². The van der Waals surface area contributed by atoms with Crippen LogP contribution in [0, 0.1) is 11.3 Å². The number of methoxy groups -OCH3 is 1. The smallest absolute Gasteiger partial charge is 0.267 e. The van der Waals surface area contributed by atoms with Crippen molar-refractivity contribution in [3.8, 4) is 11.8 Å². The second kappa shape index (κ2) is 10.6. The molecule has 1 aromatic rings. The van der Waals surface area contributed by atoms with E-state index in [0.717, 1.165) is 32.4 Å². The highest BCUT2D eigenvalue weighted by Crippen LogP contribution is 2.28. The lowest BCUT2D eigenvalue weighted by atomic mass is 10.2. The van der Waals surface area contributed by atoms with Gasteiger partial charge < -0.3 is 15.0 Å². The average Bonchev–Trinajstić information content (AvgIpc) is 2.57. The first-order chi connectivity index (χ1) is 11.5. The summed E-state index contributed by atoms with van der Waals surface area (Å²) in [6, 6.07) is 6.90. The van der Waals surface area contributed by atoms with E-state index in [1.54, 1.807) is 24.4 Å². The van der Waals surface area contributed by atoms with E-state index in [9.17, 15) is 10.1 Å². The maximum absolute atomic E-state index is 12.4. The summed E-state index contributed by atoms with van der Waals surface area (Å²) in [5.41, 5.74) is 0.494. The van der Waals surface area contributed by atoms with E-state index < -0.39 is 5.91 Å². The summed E-state index contributed by atoms with van der Waals surface area (Å²) in [6.45, 7) is 5.80. The lowest BCUT2D eigenvalue weighted by Crippen LogP contribution is -2.23. The van der Waals surface area contributed by atoms with Gasteiger partial charge in [0.25, 0.3) is 5.91 Å². The number of rotatable bonds is 9. The number of carbonyl (C=O) groups excluding carboxylic acids is 1. The average molecular weight is 350 g/mol. The number of amides is 1. The van der Waals surface area contributed by atoms with Gasteiger partial charge in [-0.25, -0.2) is 0 Å². The molecule has 24 heavy (non-hydrogen) atoms. The molecule has 0 unspecified atom stereocenters. The Kier molecular flexibility index (Phi) is 8.74. The number of nitrogens with zero attached hydrogens (tertiary/aromatic N) is 2. The number of benzene rings is 1. The van der Waals surface area contributed by atoms with Crippen LogP contribution in [0.1, 0.15) is 33.1 Å². The molecule has 0 saturated carbocycles. The number of nitrogens with one attached hydrogen (secondary N) is 1. The Balaban J connectivity index is 2.95. The number of carbonyl (C=O) groups is 1. The highest BCUT2D eigenvalue weighted by Gasteiger charge is 2.14. The Morgan fingerprint density at radius 1 is 1.38 bits per heavy atom. The van der Waals surface area contributed by atoms with E-state index in [-0.39, 0.29) is 5.57 Å². The van der Waals surface area contributed by atoms with Crippen LogP contribution in [0.4, 0.5) is 5.69 Å². The fourth-order valence-corrected chi connectivity index (χ4v) is 2.35. The van der Waals surface area contributed by atoms with Crippen molar-refractivity contribution in [2.45, 2.75) is 33.1 Å². The number of hydrogen-bond donors (Lipinski definition) is 1. The van der Waals surface area contributed by atoms with Crippen LogP contribution in [0.25, 0.3) is 0 Å². The minimum Gasteiger partial charge on any atom is -0.495 e. The molecule has 130 valence electrons. The van der Waals surface area contributed by atoms with E-state index in [1.165, 1.54) is 7.11 Å². The number of hydrogen-bond acceptors (Lipinski definition) is 4. The molecular weight excluding hydrogens is 326 g/mol. The topological polar surface area (TPSA) is 65.4 Å². The molecule has 1 rings (SSSR count). The summed E-state index contributed by atoms with van der Waals surface area (Å²) < 4.78 is 5.20. The van der Waals surface area contributed by atoms with Crippen LogP contribution < -0.4 is 10.1 Å². The van der Waals surface area contributed by atoms with Gasteiger partial charge in [0.05, 0.1) is 12.8 Å². The molecule has 0 bridgehead atoms. The lowest BCUT2D eigenvalue weighted by Gasteiger charge is -2.20. The Morgan fingerprint density at radius 3 is 2.71 bits per heavy atom. The molecule has 0 aromatic heterocycles. The maximum Gasteiger partial charge on any atom is 0.267 e. The Bertz CT molecular complexity index is 623. The highest BCUT2D eigenvalue weighted by atomic mass is 35.5. The third kappa shape index (κ3) is 6.13. The standard InChI is InChI=1S/C18H24ClN3O2/c1-4-6-10-22(9-5-2)13-14(12-20)18(23)21-16-11-15(19)7-8-17(16)24-3/h7-8,11,13H,4-6,9-10H2,1-3H3,(H,21,23)/b14-13-. The molecule has 0 saturated heterocycles. The maximum atomic E-state index is 12.4. The van der Waals surface area contributed by atoms with Crippen molar-refractivity contribution in [3.05, 3.63) is 35.0 Å². The van der Waals surface area contributed by atoms with Crippen molar-refractivity contribution in [1.82, 2.24) is 4.90 Å². The number of unbranched alkanes of at least 4 members (excludes halogenated alkanes) is 1. The molecule has 0 heterocycles. The SMILES string of the molecule is CCCCN(/C=C(/C#N)C(=O)Nc1cc(Cl)ccc1OC)CCC. The van der Waals surface area contributed by atoms with Crippen molar-refractivity contribution in [1.29, 1.82) is 5.26 Å². The predicted molar refractivity (Wildman–Crippen MR) is 97.1 cm³/mol. The molecule has 0 aliphatic heterocycles. The fraction of sp³-hybridized carbons (Fsp3) is 0.444. The molecule has 0 spiro atoms. The van der Waals surface area contributed by atoms with Gasteiger partial charge >= 0.3 is 0 Å². The van der Waals surface area contributed by atoms with Gasteiger partial charge in [-0.3, -0.25) is 4.79 Å². The quantitative estimate of drug-likeness (QED) is 0.535. The van der Waals surface area contributed by atoms with Crippen LogP contribution in [-0.2, 0) is 4.79 Å². The molecule has 0 aliphatic carbocycles. The largest absolute Gasteiger partial charge is 0.495 e. The molecule has 0 fully saturated rings. The first-order valence-corrected chi connectivity index (χ1v) is 8.44. The van der Waals surface area contributed by atoms with Gasteiger partial charge in [-0.05, 0) is 31.0 Å². The number of anilines is 1. The molecule has 0 aliphatic rings. The van der Waals surface area contributed by atoms with Crippen LogP contribution in [0.15, 0.2) is 30.0 Å². The Morgan fingerprint density at radius 2 is 2.12 bits per heavy atom. The zero-order chi connectivity index (χ0) is 17.9. The predicted octanol–water partition coefficient (Wildman–Crippen LogP) is 4.21. The lowest BCUT2D eigenvalue weighted by molar-refractivity contribution is -0.112. The third-order valence-electron chi connectivity index (χ3n) is 3.40. The van der Waals surface area contributed by atoms with Crippen LogP contribution in [0.2, 0.25) is 5.02 Å². The minimum absolute atomic E-state index is 0.0570. The normalized spacial score (nSPS) is 10.9. The van der Waals surface area contributed by atoms with Crippen molar-refractivity contribution in [2.75, 3.05) is 25.5 Å². The van der Waals surface area contributed by atoms with Gasteiger partial charge in [-0.1, -0.05) is 31.9 Å². The summed E-state index contributed by atoms with van der Waals surface area (Å²) in [7, 11) is 1.51. The number of halogens is 1. The molecular formula is C18H24ClN3O2. The second-order valence-electron chi connectivity index (χ2n) is 5.34. The fourth-order valence-electron chi connectivity index (χ4n) is 2.18. The minimum atomic E-state index is -0.476. The van der Waals surface area contributed by atoms with Crippen molar-refractivity contribution < 1.29 is 9.53 Å². The molecule has 5 nitrogen and oxygen atoms in total. The van der Waals surface area contributed by atoms with Crippen LogP contribution >= 0.6 is 11.6 Å². The van der Waals surface area contributed by atoms with Gasteiger partial charge in [-0.2, -0.15) is 5.26 Å². The third-order valence-corrected chi connectivity index (χ3v) is 3.63. The van der Waals surface area contributed by atoms with Crippen LogP contribution in [0.5, 0.6) is 5.75 Å². The Hall–Kier alpha value is -2.19. The molecule has 0 radical (unpaired) electrons. The monoisotopic (exact) mass is 349 g/mol. The summed E-state index contributed by atoms with van der Waals surface area (Å²) in [5, 5.41) is 12.5. The zero-order valence-corrected chi connectivity index (χ0v) is 15.2. The van der Waals surface area contributed by atoms with Gasteiger partial charge in [0.1, 0.15) is 17.4 Å². The van der Waals surface area contributed by atoms with Crippen LogP contribution in [0.3, 0.4) is 0 Å². The molecule has 1 amide bonds. The molecule has 6 heteroatoms. The van der Waals surface area contributed by atoms with Gasteiger partial charge in [0.2, 0.25) is 0 Å². The Labute approximate surface area is 148 Å². The van der Waals surface area contributed by atoms with Gasteiger partial charge in [0, 0.05) is 24.3 Å². The van der Waals surface area contributed by atoms with Gasteiger partial charge in [0.15, 0.2) is 0 Å². The van der Waals surface area contributed by atoms with Gasteiger partial charge in [-0.15, -0.1) is 0 Å². The summed E-state index contributed by atoms with van der Waals surface area (Å²) in [4.78, 5) is 14.4. The summed E-state index contributed by atoms with van der Waals surface area (Å²) in [6.07, 6.45) is 4.65. The highest BCUT2D eigenvalue weighted by molar-refractivity contribution is 6.31. The number of ether oxygens (including phenoxy) is 1.